The normalized spacial score (nSPS) is 22.6. The van der Waals surface area contributed by atoms with Crippen molar-refractivity contribution in [1.29, 1.82) is 0 Å². The van der Waals surface area contributed by atoms with Crippen LogP contribution in [0.25, 0.3) is 0 Å². The first kappa shape index (κ1) is 19.2. The van der Waals surface area contributed by atoms with Gasteiger partial charge in [-0.05, 0) is 38.0 Å². The molecule has 9 heteroatoms. The van der Waals surface area contributed by atoms with Gasteiger partial charge < -0.3 is 15.4 Å². The molecule has 2 heterocycles. The Morgan fingerprint density at radius 3 is 2.96 bits per heavy atom. The van der Waals surface area contributed by atoms with Crippen LogP contribution in [0.1, 0.15) is 26.2 Å². The first-order valence-corrected chi connectivity index (χ1v) is 11.1. The van der Waals surface area contributed by atoms with E-state index in [1.807, 2.05) is 0 Å². The molecule has 26 heavy (non-hydrogen) atoms. The van der Waals surface area contributed by atoms with Gasteiger partial charge in [-0.1, -0.05) is 0 Å². The van der Waals surface area contributed by atoms with Crippen LogP contribution in [0.5, 0.6) is 0 Å². The zero-order valence-corrected chi connectivity index (χ0v) is 16.1. The summed E-state index contributed by atoms with van der Waals surface area (Å²) in [5.41, 5.74) is 0.502. The van der Waals surface area contributed by atoms with E-state index in [0.717, 1.165) is 17.7 Å². The first-order chi connectivity index (χ1) is 12.3. The summed E-state index contributed by atoms with van der Waals surface area (Å²) >= 11 is 1.39. The van der Waals surface area contributed by atoms with Gasteiger partial charge in [-0.25, -0.2) is 8.42 Å². The molecule has 2 N–H and O–H groups in total. The molecule has 142 valence electrons. The molecule has 0 spiro atoms. The fourth-order valence-corrected chi connectivity index (χ4v) is 5.04. The van der Waals surface area contributed by atoms with Crippen LogP contribution in [0.3, 0.4) is 0 Å². The van der Waals surface area contributed by atoms with Gasteiger partial charge in [0.05, 0.1) is 27.7 Å². The number of fused-ring (bicyclic) bond motifs is 1. The van der Waals surface area contributed by atoms with Gasteiger partial charge in [0.15, 0.2) is 9.84 Å². The second kappa shape index (κ2) is 7.98. The van der Waals surface area contributed by atoms with Crippen LogP contribution in [0.2, 0.25) is 0 Å². The van der Waals surface area contributed by atoms with Gasteiger partial charge in [0.2, 0.25) is 11.8 Å². The molecule has 1 fully saturated rings. The van der Waals surface area contributed by atoms with E-state index in [0.29, 0.717) is 18.8 Å². The molecule has 0 saturated carbocycles. The van der Waals surface area contributed by atoms with Gasteiger partial charge in [0.25, 0.3) is 0 Å². The highest BCUT2D eigenvalue weighted by molar-refractivity contribution is 8.01. The van der Waals surface area contributed by atoms with Crippen LogP contribution < -0.4 is 10.6 Å². The van der Waals surface area contributed by atoms with Crippen molar-refractivity contribution in [2.24, 2.45) is 0 Å². The summed E-state index contributed by atoms with van der Waals surface area (Å²) in [4.78, 5) is 24.6. The number of benzene rings is 1. The van der Waals surface area contributed by atoms with Crippen molar-refractivity contribution in [2.75, 3.05) is 24.2 Å². The molecule has 2 aliphatic rings. The molecule has 0 aliphatic carbocycles. The number of thioether (sulfide) groups is 1. The SMILES string of the molecule is CC1Sc2ccc(S(=O)(=O)CCC(=O)NCC3CCCO3)cc2NC1=O. The third-order valence-electron chi connectivity index (χ3n) is 4.39. The molecule has 2 aliphatic heterocycles. The molecule has 0 aromatic heterocycles. The Labute approximate surface area is 157 Å². The molecular weight excluding hydrogens is 376 g/mol. The van der Waals surface area contributed by atoms with Crippen LogP contribution >= 0.6 is 11.8 Å². The third-order valence-corrected chi connectivity index (χ3v) is 7.28. The van der Waals surface area contributed by atoms with Gasteiger partial charge in [0.1, 0.15) is 0 Å². The molecule has 3 rings (SSSR count). The van der Waals surface area contributed by atoms with Crippen molar-refractivity contribution < 1.29 is 22.7 Å². The Hall–Kier alpha value is -1.58. The van der Waals surface area contributed by atoms with Crippen LogP contribution in [-0.2, 0) is 24.2 Å². The van der Waals surface area contributed by atoms with E-state index >= 15 is 0 Å². The van der Waals surface area contributed by atoms with Crippen molar-refractivity contribution in [1.82, 2.24) is 5.32 Å². The molecule has 1 saturated heterocycles. The number of carbonyl (C=O) groups is 2. The number of amides is 2. The molecule has 7 nitrogen and oxygen atoms in total. The van der Waals surface area contributed by atoms with Crippen LogP contribution in [0, 0.1) is 0 Å². The van der Waals surface area contributed by atoms with Crippen molar-refractivity contribution in [3.05, 3.63) is 18.2 Å². The number of hydrogen-bond acceptors (Lipinski definition) is 6. The van der Waals surface area contributed by atoms with Crippen molar-refractivity contribution in [2.45, 2.75) is 47.3 Å². The Balaban J connectivity index is 1.58. The number of sulfone groups is 1. The molecular formula is C17H22N2O5S2. The van der Waals surface area contributed by atoms with Gasteiger partial charge >= 0.3 is 0 Å². The fourth-order valence-electron chi connectivity index (χ4n) is 2.85. The Kier molecular flexibility index (Phi) is 5.89. The summed E-state index contributed by atoms with van der Waals surface area (Å²) in [5, 5.41) is 5.23. The smallest absolute Gasteiger partial charge is 0.237 e. The largest absolute Gasteiger partial charge is 0.376 e. The van der Waals surface area contributed by atoms with Gasteiger partial charge in [-0.15, -0.1) is 11.8 Å². The molecule has 2 unspecified atom stereocenters. The minimum atomic E-state index is -3.61. The van der Waals surface area contributed by atoms with Crippen LogP contribution in [0.4, 0.5) is 5.69 Å². The zero-order chi connectivity index (χ0) is 18.7. The number of rotatable bonds is 6. The van der Waals surface area contributed by atoms with E-state index in [4.69, 9.17) is 4.74 Å². The number of carbonyl (C=O) groups excluding carboxylic acids is 2. The zero-order valence-electron chi connectivity index (χ0n) is 14.5. The minimum absolute atomic E-state index is 0.0275. The Bertz CT molecular complexity index is 803. The van der Waals surface area contributed by atoms with E-state index in [1.54, 1.807) is 13.0 Å². The topological polar surface area (TPSA) is 102 Å². The average Bonchev–Trinajstić information content (AvgIpc) is 3.12. The van der Waals surface area contributed by atoms with Gasteiger partial charge in [0, 0.05) is 24.5 Å². The van der Waals surface area contributed by atoms with Crippen molar-refractivity contribution in [3.63, 3.8) is 0 Å². The average molecular weight is 399 g/mol. The summed E-state index contributed by atoms with van der Waals surface area (Å²) in [6.07, 6.45) is 1.82. The van der Waals surface area contributed by atoms with E-state index < -0.39 is 9.84 Å². The summed E-state index contributed by atoms with van der Waals surface area (Å²) in [7, 11) is -3.61. The highest BCUT2D eigenvalue weighted by Crippen LogP contribution is 2.36. The number of anilines is 1. The van der Waals surface area contributed by atoms with Crippen LogP contribution in [-0.4, -0.2) is 50.5 Å². The lowest BCUT2D eigenvalue weighted by Crippen LogP contribution is -2.32. The van der Waals surface area contributed by atoms with E-state index in [2.05, 4.69) is 10.6 Å². The standard InChI is InChI=1S/C17H22N2O5S2/c1-11-17(21)19-14-9-13(4-5-15(14)25-11)26(22,23)8-6-16(20)18-10-12-3-2-7-24-12/h4-5,9,11-12H,2-3,6-8,10H2,1H3,(H,18,20)(H,19,21). The highest BCUT2D eigenvalue weighted by Gasteiger charge is 2.25. The summed E-state index contributed by atoms with van der Waals surface area (Å²) < 4.78 is 30.4. The lowest BCUT2D eigenvalue weighted by molar-refractivity contribution is -0.121. The van der Waals surface area contributed by atoms with Gasteiger partial charge in [-0.3, -0.25) is 9.59 Å². The molecule has 1 aromatic rings. The molecule has 2 atom stereocenters. The summed E-state index contributed by atoms with van der Waals surface area (Å²) in [6.45, 7) is 2.92. The monoisotopic (exact) mass is 398 g/mol. The Morgan fingerprint density at radius 1 is 1.42 bits per heavy atom. The second-order valence-electron chi connectivity index (χ2n) is 6.42. The van der Waals surface area contributed by atoms with Crippen LogP contribution in [0.15, 0.2) is 28.0 Å². The second-order valence-corrected chi connectivity index (χ2v) is 9.91. The predicted octanol–water partition coefficient (Wildman–Crippen LogP) is 1.58. The molecule has 0 radical (unpaired) electrons. The predicted molar refractivity (Wildman–Crippen MR) is 99.0 cm³/mol. The molecule has 0 bridgehead atoms. The molecule has 2 amide bonds. The quantitative estimate of drug-likeness (QED) is 0.754. The molecule has 1 aromatic carbocycles. The number of nitrogens with one attached hydrogen (secondary N) is 2. The van der Waals surface area contributed by atoms with E-state index in [1.165, 1.54) is 23.9 Å². The fraction of sp³-hybridized carbons (Fsp3) is 0.529. The maximum absolute atomic E-state index is 12.5. The lowest BCUT2D eigenvalue weighted by Gasteiger charge is -2.21. The summed E-state index contributed by atoms with van der Waals surface area (Å²) in [5.74, 6) is -0.731. The number of hydrogen-bond donors (Lipinski definition) is 2. The third kappa shape index (κ3) is 4.57. The van der Waals surface area contributed by atoms with E-state index in [-0.39, 0.29) is 40.2 Å². The summed E-state index contributed by atoms with van der Waals surface area (Å²) in [6, 6.07) is 4.68. The van der Waals surface area contributed by atoms with E-state index in [9.17, 15) is 18.0 Å². The van der Waals surface area contributed by atoms with Crippen molar-refractivity contribution >= 4 is 39.1 Å². The maximum Gasteiger partial charge on any atom is 0.237 e. The lowest BCUT2D eigenvalue weighted by atomic mass is 10.2. The number of ether oxygens (including phenoxy) is 1. The van der Waals surface area contributed by atoms with Crippen molar-refractivity contribution in [3.8, 4) is 0 Å². The minimum Gasteiger partial charge on any atom is -0.376 e. The maximum atomic E-state index is 12.5. The Morgan fingerprint density at radius 2 is 2.23 bits per heavy atom. The highest BCUT2D eigenvalue weighted by atomic mass is 32.2. The first-order valence-electron chi connectivity index (χ1n) is 8.58. The van der Waals surface area contributed by atoms with Gasteiger partial charge in [-0.2, -0.15) is 0 Å².